The van der Waals surface area contributed by atoms with Crippen LogP contribution in [0.25, 0.3) is 0 Å². The van der Waals surface area contributed by atoms with E-state index in [0.29, 0.717) is 16.2 Å². The van der Waals surface area contributed by atoms with E-state index in [1.54, 1.807) is 24.3 Å². The van der Waals surface area contributed by atoms with Crippen LogP contribution >= 0.6 is 15.9 Å². The van der Waals surface area contributed by atoms with E-state index in [9.17, 15) is 14.9 Å². The van der Waals surface area contributed by atoms with Crippen molar-refractivity contribution in [1.82, 2.24) is 9.97 Å². The number of carbonyl (C=O) groups excluding carboxylic acids is 1. The quantitative estimate of drug-likeness (QED) is 0.478. The Bertz CT molecular complexity index is 666. The predicted molar refractivity (Wildman–Crippen MR) is 77.0 cm³/mol. The lowest BCUT2D eigenvalue weighted by molar-refractivity contribution is -0.389. The molecule has 8 nitrogen and oxygen atoms in total. The summed E-state index contributed by atoms with van der Waals surface area (Å²) in [4.78, 5) is 27.8. The van der Waals surface area contributed by atoms with Gasteiger partial charge >= 0.3 is 5.82 Å². The molecular formula is C12H9BrN4O4. The van der Waals surface area contributed by atoms with E-state index in [2.05, 4.69) is 31.2 Å². The minimum Gasteiger partial charge on any atom is -0.480 e. The van der Waals surface area contributed by atoms with Gasteiger partial charge in [-0.1, -0.05) is 6.07 Å². The number of nitrogens with one attached hydrogen (secondary N) is 1. The number of rotatable bonds is 1. The van der Waals surface area contributed by atoms with Crippen molar-refractivity contribution in [2.24, 2.45) is 0 Å². The Balaban J connectivity index is 0.000000161. The lowest BCUT2D eigenvalue weighted by Gasteiger charge is -2.16. The summed E-state index contributed by atoms with van der Waals surface area (Å²) in [6.07, 6.45) is 1.39. The second-order valence-corrected chi connectivity index (χ2v) is 4.58. The van der Waals surface area contributed by atoms with Crippen LogP contribution in [-0.4, -0.2) is 27.4 Å². The van der Waals surface area contributed by atoms with Crippen LogP contribution in [0.4, 0.5) is 11.6 Å². The zero-order valence-corrected chi connectivity index (χ0v) is 12.1. The fourth-order valence-electron chi connectivity index (χ4n) is 1.40. The first-order valence-corrected chi connectivity index (χ1v) is 6.50. The Morgan fingerprint density at radius 1 is 1.33 bits per heavy atom. The monoisotopic (exact) mass is 352 g/mol. The first kappa shape index (κ1) is 14.9. The van der Waals surface area contributed by atoms with Gasteiger partial charge in [0.2, 0.25) is 0 Å². The minimum absolute atomic E-state index is 0.0658. The third-order valence-electron chi connectivity index (χ3n) is 2.28. The molecule has 1 aliphatic heterocycles. The van der Waals surface area contributed by atoms with Gasteiger partial charge in [-0.2, -0.15) is 0 Å². The highest BCUT2D eigenvalue weighted by Gasteiger charge is 2.16. The SMILES string of the molecule is O=C1COc2ccc(Br)nc2N1.O=[N+]([O-])c1ccccn1. The van der Waals surface area contributed by atoms with E-state index < -0.39 is 4.92 Å². The van der Waals surface area contributed by atoms with Gasteiger partial charge in [0.05, 0.1) is 0 Å². The van der Waals surface area contributed by atoms with Crippen LogP contribution in [0.1, 0.15) is 0 Å². The molecule has 0 spiro atoms. The topological polar surface area (TPSA) is 107 Å². The van der Waals surface area contributed by atoms with Crippen LogP contribution in [0.15, 0.2) is 41.1 Å². The van der Waals surface area contributed by atoms with Crippen LogP contribution < -0.4 is 10.1 Å². The summed E-state index contributed by atoms with van der Waals surface area (Å²) in [5.74, 6) is 0.795. The van der Waals surface area contributed by atoms with Gasteiger partial charge in [0.1, 0.15) is 10.8 Å². The van der Waals surface area contributed by atoms with Crippen molar-refractivity contribution in [2.45, 2.75) is 0 Å². The molecule has 3 heterocycles. The van der Waals surface area contributed by atoms with Crippen LogP contribution in [0.2, 0.25) is 0 Å². The maximum Gasteiger partial charge on any atom is 0.363 e. The van der Waals surface area contributed by atoms with Crippen LogP contribution in [0.5, 0.6) is 5.75 Å². The molecule has 2 aromatic rings. The summed E-state index contributed by atoms with van der Waals surface area (Å²) < 4.78 is 5.77. The molecule has 0 fully saturated rings. The van der Waals surface area contributed by atoms with E-state index >= 15 is 0 Å². The molecule has 0 bridgehead atoms. The lowest BCUT2D eigenvalue weighted by atomic mass is 10.4. The molecule has 21 heavy (non-hydrogen) atoms. The molecule has 0 atom stereocenters. The number of pyridine rings is 2. The standard InChI is InChI=1S/C7H5BrN2O2.C5H4N2O2/c8-5-2-1-4-7(9-5)10-6(11)3-12-4;8-7(9)5-3-1-2-4-6-5/h1-2H,3H2,(H,9,10,11);1-4H. The summed E-state index contributed by atoms with van der Waals surface area (Å²) in [5.41, 5.74) is 0. The van der Waals surface area contributed by atoms with Gasteiger partial charge in [-0.3, -0.25) is 4.79 Å². The van der Waals surface area contributed by atoms with Gasteiger partial charge in [0.15, 0.2) is 18.2 Å². The van der Waals surface area contributed by atoms with Crippen molar-refractivity contribution < 1.29 is 14.5 Å². The lowest BCUT2D eigenvalue weighted by Crippen LogP contribution is -2.26. The maximum atomic E-state index is 10.8. The van der Waals surface area contributed by atoms with E-state index in [0.717, 1.165) is 0 Å². The summed E-state index contributed by atoms with van der Waals surface area (Å²) in [5, 5.41) is 12.5. The smallest absolute Gasteiger partial charge is 0.363 e. The molecular weight excluding hydrogens is 344 g/mol. The largest absolute Gasteiger partial charge is 0.480 e. The number of nitro groups is 1. The summed E-state index contributed by atoms with van der Waals surface area (Å²) in [7, 11) is 0. The van der Waals surface area contributed by atoms with Crippen molar-refractivity contribution in [3.63, 3.8) is 0 Å². The number of nitrogens with zero attached hydrogens (tertiary/aromatic N) is 3. The number of hydrogen-bond donors (Lipinski definition) is 1. The predicted octanol–water partition coefficient (Wildman–Crippen LogP) is 2.16. The first-order chi connectivity index (χ1) is 10.1. The molecule has 0 aliphatic carbocycles. The maximum absolute atomic E-state index is 10.8. The van der Waals surface area contributed by atoms with Crippen molar-refractivity contribution in [3.8, 4) is 5.75 Å². The van der Waals surface area contributed by atoms with Gasteiger partial charge in [-0.15, -0.1) is 0 Å². The Morgan fingerprint density at radius 3 is 2.76 bits per heavy atom. The minimum atomic E-state index is -0.528. The molecule has 0 unspecified atom stereocenters. The normalized spacial score (nSPS) is 12.1. The zero-order valence-electron chi connectivity index (χ0n) is 10.5. The average Bonchev–Trinajstić information content (AvgIpc) is 2.48. The van der Waals surface area contributed by atoms with Crippen molar-refractivity contribution in [1.29, 1.82) is 0 Å². The van der Waals surface area contributed by atoms with Crippen LogP contribution in [0, 0.1) is 10.1 Å². The van der Waals surface area contributed by atoms with Gasteiger partial charge in [0.25, 0.3) is 5.91 Å². The second-order valence-electron chi connectivity index (χ2n) is 3.76. The van der Waals surface area contributed by atoms with E-state index in [4.69, 9.17) is 4.74 Å². The number of hydrogen-bond acceptors (Lipinski definition) is 6. The Morgan fingerprint density at radius 2 is 2.14 bits per heavy atom. The average molecular weight is 353 g/mol. The molecule has 9 heteroatoms. The summed E-state index contributed by atoms with van der Waals surface area (Å²) in [6.45, 7) is 0.0658. The number of anilines is 1. The van der Waals surface area contributed by atoms with Gasteiger partial charge in [-0.05, 0) is 44.0 Å². The molecule has 108 valence electrons. The Hall–Kier alpha value is -2.55. The molecule has 0 saturated carbocycles. The van der Waals surface area contributed by atoms with E-state index in [1.807, 2.05) is 0 Å². The van der Waals surface area contributed by atoms with Gasteiger partial charge < -0.3 is 20.2 Å². The Labute approximate surface area is 127 Å². The summed E-state index contributed by atoms with van der Waals surface area (Å²) in [6, 6.07) is 8.07. The molecule has 0 radical (unpaired) electrons. The highest BCUT2D eigenvalue weighted by atomic mass is 79.9. The summed E-state index contributed by atoms with van der Waals surface area (Å²) >= 11 is 3.19. The highest BCUT2D eigenvalue weighted by Crippen LogP contribution is 2.26. The van der Waals surface area contributed by atoms with E-state index in [1.165, 1.54) is 12.3 Å². The fourth-order valence-corrected chi connectivity index (χ4v) is 1.71. The number of halogens is 1. The molecule has 1 N–H and O–H groups in total. The molecule has 2 aromatic heterocycles. The number of carbonyl (C=O) groups is 1. The molecule has 0 aromatic carbocycles. The van der Waals surface area contributed by atoms with Gasteiger partial charge in [0, 0.05) is 6.07 Å². The number of aromatic nitrogens is 2. The van der Waals surface area contributed by atoms with Crippen molar-refractivity contribution in [3.05, 3.63) is 51.2 Å². The van der Waals surface area contributed by atoms with E-state index in [-0.39, 0.29) is 18.3 Å². The number of ether oxygens (including phenoxy) is 1. The Kier molecular flexibility index (Phi) is 4.77. The highest BCUT2D eigenvalue weighted by molar-refractivity contribution is 9.10. The molecule has 1 amide bonds. The molecule has 3 rings (SSSR count). The van der Waals surface area contributed by atoms with Crippen molar-refractivity contribution >= 4 is 33.5 Å². The van der Waals surface area contributed by atoms with Gasteiger partial charge in [-0.25, -0.2) is 4.98 Å². The zero-order chi connectivity index (χ0) is 15.2. The number of fused-ring (bicyclic) bond motifs is 1. The molecule has 0 saturated heterocycles. The van der Waals surface area contributed by atoms with Crippen LogP contribution in [0.3, 0.4) is 0 Å². The molecule has 1 aliphatic rings. The van der Waals surface area contributed by atoms with Crippen molar-refractivity contribution in [2.75, 3.05) is 11.9 Å². The third kappa shape index (κ3) is 4.21. The van der Waals surface area contributed by atoms with Crippen LogP contribution in [-0.2, 0) is 4.79 Å². The second kappa shape index (κ2) is 6.75. The number of amides is 1. The first-order valence-electron chi connectivity index (χ1n) is 5.71. The fraction of sp³-hybridized carbons (Fsp3) is 0.0833. The third-order valence-corrected chi connectivity index (χ3v) is 2.72.